The number of fused-ring (bicyclic) bond motifs is 1. The molecule has 2 aromatic heterocycles. The third-order valence-electron chi connectivity index (χ3n) is 4.83. The van der Waals surface area contributed by atoms with Gasteiger partial charge in [0.2, 0.25) is 0 Å². The van der Waals surface area contributed by atoms with Crippen molar-refractivity contribution in [3.8, 4) is 11.5 Å². The Balaban J connectivity index is 1.48. The number of hydrogen-bond acceptors (Lipinski definition) is 6. The lowest BCUT2D eigenvalue weighted by atomic mass is 9.96. The van der Waals surface area contributed by atoms with E-state index < -0.39 is 0 Å². The van der Waals surface area contributed by atoms with E-state index in [0.717, 1.165) is 15.3 Å². The van der Waals surface area contributed by atoms with E-state index in [2.05, 4.69) is 15.6 Å². The van der Waals surface area contributed by atoms with Gasteiger partial charge in [0.15, 0.2) is 5.13 Å². The highest BCUT2D eigenvalue weighted by atomic mass is 32.1. The first kappa shape index (κ1) is 18.7. The second-order valence-electron chi connectivity index (χ2n) is 6.97. The molecular weight excluding hydrogens is 372 g/mol. The molecule has 1 aromatic carbocycles. The fraction of sp³-hybridized carbons (Fsp3) is 0.381. The summed E-state index contributed by atoms with van der Waals surface area (Å²) < 4.78 is 7.03. The van der Waals surface area contributed by atoms with Crippen molar-refractivity contribution < 1.29 is 9.53 Å². The fourth-order valence-electron chi connectivity index (χ4n) is 3.44. The Labute approximate surface area is 168 Å². The number of anilines is 1. The van der Waals surface area contributed by atoms with Gasteiger partial charge in [-0.05, 0) is 38.0 Å². The van der Waals surface area contributed by atoms with Crippen molar-refractivity contribution in [2.24, 2.45) is 0 Å². The lowest BCUT2D eigenvalue weighted by molar-refractivity contribution is 0.0950. The molecule has 0 unspecified atom stereocenters. The number of rotatable bonds is 6. The van der Waals surface area contributed by atoms with Gasteiger partial charge in [0.25, 0.3) is 5.91 Å². The zero-order valence-corrected chi connectivity index (χ0v) is 16.7. The molecule has 2 N–H and O–H groups in total. The van der Waals surface area contributed by atoms with Gasteiger partial charge < -0.3 is 15.4 Å². The van der Waals surface area contributed by atoms with E-state index in [1.807, 2.05) is 25.1 Å². The third kappa shape index (κ3) is 4.42. The molecule has 146 valence electrons. The Morgan fingerprint density at radius 2 is 2.00 bits per heavy atom. The molecule has 0 bridgehead atoms. The molecule has 1 amide bonds. The Kier molecular flexibility index (Phi) is 5.71. The minimum atomic E-state index is -0.204. The normalized spacial score (nSPS) is 14.8. The van der Waals surface area contributed by atoms with E-state index in [0.29, 0.717) is 29.8 Å². The molecule has 1 fully saturated rings. The van der Waals surface area contributed by atoms with E-state index >= 15 is 0 Å². The molecule has 4 rings (SSSR count). The molecule has 3 aromatic rings. The molecule has 0 aliphatic heterocycles. The summed E-state index contributed by atoms with van der Waals surface area (Å²) in [4.78, 5) is 20.7. The molecule has 2 heterocycles. The highest BCUT2D eigenvalue weighted by Gasteiger charge is 2.15. The van der Waals surface area contributed by atoms with Crippen molar-refractivity contribution >= 4 is 32.6 Å². The second kappa shape index (κ2) is 8.56. The number of aromatic nitrogens is 2. The Morgan fingerprint density at radius 1 is 1.18 bits per heavy atom. The topological polar surface area (TPSA) is 76.1 Å². The number of ether oxygens (including phenoxy) is 1. The molecule has 0 radical (unpaired) electrons. The van der Waals surface area contributed by atoms with Gasteiger partial charge in [-0.15, -0.1) is 0 Å². The number of nitrogens with one attached hydrogen (secondary N) is 2. The van der Waals surface area contributed by atoms with Gasteiger partial charge in [0.1, 0.15) is 17.2 Å². The maximum atomic E-state index is 11.9. The standard InChI is InChI=1S/C21H24N4O2S/c1-2-22-20(26)18-12-16(10-11-23-18)27-15-8-9-17-19(13-15)28-21(25-17)24-14-6-4-3-5-7-14/h8-14H,2-7H2,1H3,(H,22,26)(H,24,25). The molecule has 0 spiro atoms. The van der Waals surface area contributed by atoms with Crippen LogP contribution in [-0.4, -0.2) is 28.5 Å². The average molecular weight is 397 g/mol. The van der Waals surface area contributed by atoms with Crippen molar-refractivity contribution in [2.45, 2.75) is 45.1 Å². The SMILES string of the molecule is CCNC(=O)c1cc(Oc2ccc3nc(NC4CCCCC4)sc3c2)ccn1. The van der Waals surface area contributed by atoms with Crippen molar-refractivity contribution in [3.05, 3.63) is 42.2 Å². The van der Waals surface area contributed by atoms with E-state index in [1.165, 1.54) is 32.1 Å². The minimum absolute atomic E-state index is 0.204. The van der Waals surface area contributed by atoms with Crippen LogP contribution in [0.4, 0.5) is 5.13 Å². The van der Waals surface area contributed by atoms with Crippen LogP contribution in [0.25, 0.3) is 10.2 Å². The van der Waals surface area contributed by atoms with Gasteiger partial charge >= 0.3 is 0 Å². The minimum Gasteiger partial charge on any atom is -0.457 e. The third-order valence-corrected chi connectivity index (χ3v) is 5.78. The molecule has 1 aliphatic carbocycles. The number of carbonyl (C=O) groups is 1. The number of thiazole rings is 1. The van der Waals surface area contributed by atoms with Gasteiger partial charge in [-0.3, -0.25) is 9.78 Å². The summed E-state index contributed by atoms with van der Waals surface area (Å²) in [7, 11) is 0. The Bertz CT molecular complexity index is 966. The van der Waals surface area contributed by atoms with E-state index in [4.69, 9.17) is 9.72 Å². The van der Waals surface area contributed by atoms with Gasteiger partial charge in [0.05, 0.1) is 10.2 Å². The first-order valence-electron chi connectivity index (χ1n) is 9.80. The van der Waals surface area contributed by atoms with Crippen LogP contribution in [0.1, 0.15) is 49.5 Å². The summed E-state index contributed by atoms with van der Waals surface area (Å²) >= 11 is 1.65. The zero-order chi connectivity index (χ0) is 19.3. The lowest BCUT2D eigenvalue weighted by Crippen LogP contribution is -2.23. The van der Waals surface area contributed by atoms with E-state index in [1.54, 1.807) is 29.7 Å². The Hall–Kier alpha value is -2.67. The summed E-state index contributed by atoms with van der Waals surface area (Å²) in [6.45, 7) is 2.44. The van der Waals surface area contributed by atoms with Crippen LogP contribution in [0.2, 0.25) is 0 Å². The number of amides is 1. The molecule has 7 heteroatoms. The second-order valence-corrected chi connectivity index (χ2v) is 8.00. The summed E-state index contributed by atoms with van der Waals surface area (Å²) in [5.41, 5.74) is 1.31. The number of hydrogen-bond donors (Lipinski definition) is 2. The average Bonchev–Trinajstić information content (AvgIpc) is 3.10. The van der Waals surface area contributed by atoms with Gasteiger partial charge in [-0.1, -0.05) is 30.6 Å². The van der Waals surface area contributed by atoms with Crippen molar-refractivity contribution in [1.29, 1.82) is 0 Å². The summed E-state index contributed by atoms with van der Waals surface area (Å²) in [6, 6.07) is 9.80. The largest absolute Gasteiger partial charge is 0.457 e. The molecule has 1 saturated carbocycles. The maximum absolute atomic E-state index is 11.9. The number of nitrogens with zero attached hydrogens (tertiary/aromatic N) is 2. The predicted octanol–water partition coefficient (Wildman–Crippen LogP) is 4.98. The van der Waals surface area contributed by atoms with Crippen molar-refractivity contribution in [2.75, 3.05) is 11.9 Å². The van der Waals surface area contributed by atoms with Gasteiger partial charge in [0, 0.05) is 30.9 Å². The number of benzene rings is 1. The predicted molar refractivity (Wildman–Crippen MR) is 112 cm³/mol. The van der Waals surface area contributed by atoms with Crippen LogP contribution >= 0.6 is 11.3 Å². The summed E-state index contributed by atoms with van der Waals surface area (Å²) in [6.07, 6.45) is 7.96. The van der Waals surface area contributed by atoms with Gasteiger partial charge in [-0.2, -0.15) is 0 Å². The van der Waals surface area contributed by atoms with Crippen LogP contribution in [0, 0.1) is 0 Å². The van der Waals surface area contributed by atoms with Crippen LogP contribution in [0.5, 0.6) is 11.5 Å². The number of carbonyl (C=O) groups excluding carboxylic acids is 1. The van der Waals surface area contributed by atoms with Gasteiger partial charge in [-0.25, -0.2) is 4.98 Å². The van der Waals surface area contributed by atoms with E-state index in [-0.39, 0.29) is 5.91 Å². The van der Waals surface area contributed by atoms with Crippen LogP contribution < -0.4 is 15.4 Å². The lowest BCUT2D eigenvalue weighted by Gasteiger charge is -2.22. The molecule has 6 nitrogen and oxygen atoms in total. The molecular formula is C21H24N4O2S. The quantitative estimate of drug-likeness (QED) is 0.615. The molecule has 28 heavy (non-hydrogen) atoms. The highest BCUT2D eigenvalue weighted by Crippen LogP contribution is 2.32. The van der Waals surface area contributed by atoms with E-state index in [9.17, 15) is 4.79 Å². The van der Waals surface area contributed by atoms with Crippen LogP contribution in [0.15, 0.2) is 36.5 Å². The first-order chi connectivity index (χ1) is 13.7. The highest BCUT2D eigenvalue weighted by molar-refractivity contribution is 7.22. The molecule has 0 atom stereocenters. The van der Waals surface area contributed by atoms with Crippen molar-refractivity contribution in [1.82, 2.24) is 15.3 Å². The first-order valence-corrected chi connectivity index (χ1v) is 10.6. The monoisotopic (exact) mass is 396 g/mol. The zero-order valence-electron chi connectivity index (χ0n) is 15.9. The molecule has 1 aliphatic rings. The summed E-state index contributed by atoms with van der Waals surface area (Å²) in [5.74, 6) is 1.10. The van der Waals surface area contributed by atoms with Crippen molar-refractivity contribution in [3.63, 3.8) is 0 Å². The van der Waals surface area contributed by atoms with Crippen LogP contribution in [-0.2, 0) is 0 Å². The molecule has 0 saturated heterocycles. The maximum Gasteiger partial charge on any atom is 0.270 e. The summed E-state index contributed by atoms with van der Waals surface area (Å²) in [5, 5.41) is 7.30. The van der Waals surface area contributed by atoms with Crippen LogP contribution in [0.3, 0.4) is 0 Å². The number of pyridine rings is 1. The Morgan fingerprint density at radius 3 is 2.82 bits per heavy atom. The smallest absolute Gasteiger partial charge is 0.270 e. The fourth-order valence-corrected chi connectivity index (χ4v) is 4.41.